The Morgan fingerprint density at radius 3 is 0.750 bits per heavy atom. The standard InChI is InChI=1S/C5H7O2.8CHO.Rh/c1-4(6)3-5(2)7;8*1-2;/h3H,1-2H3;8*1H;. The summed E-state index contributed by atoms with van der Waals surface area (Å²) in [7, 11) is -10.8. The topological polar surface area (TPSA) is 171 Å². The maximum atomic E-state index is 12.2. The van der Waals surface area contributed by atoms with Crippen molar-refractivity contribution in [3.05, 3.63) is 0 Å². The molecule has 0 heterocycles. The van der Waals surface area contributed by atoms with Gasteiger partial charge < -0.3 is 0 Å². The third kappa shape index (κ3) is 0.891. The summed E-state index contributed by atoms with van der Waals surface area (Å²) in [5.74, 6) is -3.48. The molecule has 0 amide bonds. The van der Waals surface area contributed by atoms with E-state index >= 15 is 0 Å². The number of carbonyl (C=O) groups is 10. The number of rotatable bonds is 11. The van der Waals surface area contributed by atoms with Crippen LogP contribution in [0.2, 0.25) is 4.51 Å². The van der Waals surface area contributed by atoms with Crippen LogP contribution in [-0.4, -0.2) is 50.6 Å². The minimum atomic E-state index is -10.8. The molecule has 0 radical (unpaired) electrons. The molecular formula is C13H15O10Rh. The van der Waals surface area contributed by atoms with Gasteiger partial charge in [0.25, 0.3) is 0 Å². The summed E-state index contributed by atoms with van der Waals surface area (Å²) >= 11 is 0. The molecule has 0 saturated carbocycles. The number of carbonyl (C=O) groups excluding carboxylic acids is 10. The minimum absolute atomic E-state index is 0.420. The van der Waals surface area contributed by atoms with Crippen molar-refractivity contribution in [3.63, 3.8) is 0 Å². The fraction of sp³-hybridized carbons (Fsp3) is 0.231. The van der Waals surface area contributed by atoms with Crippen molar-refractivity contribution in [1.29, 1.82) is 0 Å². The Morgan fingerprint density at radius 2 is 0.708 bits per heavy atom. The van der Waals surface area contributed by atoms with Crippen LogP contribution in [0.15, 0.2) is 0 Å². The van der Waals surface area contributed by atoms with Crippen molar-refractivity contribution in [3.8, 4) is 0 Å². The predicted molar refractivity (Wildman–Crippen MR) is 79.1 cm³/mol. The van der Waals surface area contributed by atoms with Gasteiger partial charge in [-0.2, -0.15) is 0 Å². The van der Waals surface area contributed by atoms with Gasteiger partial charge >= 0.3 is 126 Å². The molecule has 0 spiro atoms. The van der Waals surface area contributed by atoms with Crippen molar-refractivity contribution < 1.29 is 56.8 Å². The van der Waals surface area contributed by atoms with Gasteiger partial charge in [-0.15, -0.1) is 0 Å². The number of hydrogen-bond donors (Lipinski definition) is 0. The average Bonchev–Trinajstić information content (AvgIpc) is 2.64. The fourth-order valence-electron chi connectivity index (χ4n) is 2.42. The van der Waals surface area contributed by atoms with Crippen LogP contribution in [0.1, 0.15) is 13.8 Å². The first kappa shape index (κ1) is 21.3. The van der Waals surface area contributed by atoms with E-state index in [4.69, 9.17) is 0 Å². The molecule has 0 aromatic rings. The molecule has 0 bridgehead atoms. The molecule has 0 rings (SSSR count). The molecule has 10 nitrogen and oxygen atoms in total. The maximum absolute atomic E-state index is 12.2. The normalized spacial score (nSPS) is 19.9. The van der Waals surface area contributed by atoms with Crippen LogP contribution in [-0.2, 0) is 56.8 Å². The third-order valence-electron chi connectivity index (χ3n) is 4.47. The van der Waals surface area contributed by atoms with Gasteiger partial charge in [0.05, 0.1) is 0 Å². The van der Waals surface area contributed by atoms with Gasteiger partial charge in [-0.1, -0.05) is 0 Å². The van der Waals surface area contributed by atoms with E-state index in [0.717, 1.165) is 0 Å². The van der Waals surface area contributed by atoms with Crippen LogP contribution in [0.4, 0.5) is 0 Å². The zero-order valence-corrected chi connectivity index (χ0v) is 14.3. The van der Waals surface area contributed by atoms with Crippen LogP contribution in [0.3, 0.4) is 0 Å². The summed E-state index contributed by atoms with van der Waals surface area (Å²) in [6.45, 7) is 0.839. The van der Waals surface area contributed by atoms with Crippen molar-refractivity contribution in [2.24, 2.45) is 0 Å². The van der Waals surface area contributed by atoms with E-state index in [9.17, 15) is 47.9 Å². The average molecular weight is 434 g/mol. The molecule has 0 aliphatic rings. The van der Waals surface area contributed by atoms with Gasteiger partial charge in [0.15, 0.2) is 0 Å². The second-order valence-electron chi connectivity index (χ2n) is 6.19. The molecular weight excluding hydrogens is 419 g/mol. The first-order valence-corrected chi connectivity index (χ1v) is 14.1. The Morgan fingerprint density at radius 1 is 0.542 bits per heavy atom. The van der Waals surface area contributed by atoms with Gasteiger partial charge in [-0.05, 0) is 0 Å². The Labute approximate surface area is 126 Å². The monoisotopic (exact) mass is 434 g/mol. The summed E-state index contributed by atoms with van der Waals surface area (Å²) in [4.78, 5) is 112. The summed E-state index contributed by atoms with van der Waals surface area (Å²) < 4.78 is -3.40. The van der Waals surface area contributed by atoms with Crippen molar-refractivity contribution in [2.75, 3.05) is 0 Å². The SMILES string of the molecule is CC(=O)[CH](C(C)=O)[Rh]([CH]=O)([CH]=O)([CH]=O)([CH]=O)([CH]=O)([CH]=O)([CH]=O)[CH]=O. The van der Waals surface area contributed by atoms with E-state index in [1.54, 1.807) is 0 Å². The van der Waals surface area contributed by atoms with E-state index in [0.29, 0.717) is 13.8 Å². The molecule has 0 aromatic heterocycles. The molecule has 0 N–H and O–H groups in total. The second kappa shape index (κ2) is 3.00. The Hall–Kier alpha value is -2.68. The Balaban J connectivity index is 9.80. The predicted octanol–water partition coefficient (Wildman–Crippen LogP) is -1.69. The van der Waals surface area contributed by atoms with Crippen molar-refractivity contribution in [2.45, 2.75) is 18.4 Å². The molecule has 24 heavy (non-hydrogen) atoms. The number of Topliss-reactive ketones (excluding diaryl/α,β-unsaturated/α-hetero) is 2. The van der Waals surface area contributed by atoms with Crippen LogP contribution < -0.4 is 0 Å². The van der Waals surface area contributed by atoms with Crippen LogP contribution in [0.5, 0.6) is 0 Å². The van der Waals surface area contributed by atoms with E-state index < -0.39 is 64.0 Å². The Bertz CT molecular complexity index is 694. The van der Waals surface area contributed by atoms with E-state index in [1.807, 2.05) is 0 Å². The van der Waals surface area contributed by atoms with E-state index in [2.05, 4.69) is 0 Å². The summed E-state index contributed by atoms with van der Waals surface area (Å²) in [5.41, 5.74) is 0. The quantitative estimate of drug-likeness (QED) is 0.208. The molecule has 0 atom stereocenters. The molecule has 0 aliphatic carbocycles. The zero-order valence-electron chi connectivity index (χ0n) is 12.6. The third-order valence-corrected chi connectivity index (χ3v) is 24.4. The van der Waals surface area contributed by atoms with Gasteiger partial charge in [0.1, 0.15) is 0 Å². The van der Waals surface area contributed by atoms with Crippen LogP contribution in [0, 0.1) is 0 Å². The van der Waals surface area contributed by atoms with Crippen molar-refractivity contribution >= 4 is 50.6 Å². The van der Waals surface area contributed by atoms with Crippen LogP contribution >= 0.6 is 0 Å². The first-order valence-electron chi connectivity index (χ1n) is 5.60. The molecule has 0 aromatic carbocycles. The van der Waals surface area contributed by atoms with Gasteiger partial charge in [-0.25, -0.2) is 0 Å². The summed E-state index contributed by atoms with van der Waals surface area (Å²) in [6, 6.07) is 0. The molecule has 0 saturated heterocycles. The first-order chi connectivity index (χ1) is 10.7. The number of hydrogen-bond acceptors (Lipinski definition) is 10. The molecule has 0 unspecified atom stereocenters. The molecule has 11 heteroatoms. The molecule has 136 valence electrons. The number of ketones is 2. The van der Waals surface area contributed by atoms with Crippen LogP contribution in [0.25, 0.3) is 0 Å². The molecule has 0 fully saturated rings. The molecule has 0 aliphatic heterocycles. The van der Waals surface area contributed by atoms with Crippen molar-refractivity contribution in [1.82, 2.24) is 0 Å². The van der Waals surface area contributed by atoms with Gasteiger partial charge in [0.2, 0.25) is 0 Å². The van der Waals surface area contributed by atoms with Gasteiger partial charge in [-0.3, -0.25) is 0 Å². The Kier molecular flexibility index (Phi) is 2.66. The van der Waals surface area contributed by atoms with E-state index in [1.165, 1.54) is 0 Å². The van der Waals surface area contributed by atoms with E-state index in [-0.39, 0.29) is 0 Å². The second-order valence-corrected chi connectivity index (χ2v) is 29.9. The summed E-state index contributed by atoms with van der Waals surface area (Å²) in [5, 5.41) is 0. The summed E-state index contributed by atoms with van der Waals surface area (Å²) in [6.07, 6.45) is 0. The zero-order chi connectivity index (χ0) is 19.7. The fourth-order valence-corrected chi connectivity index (χ4v) is 12.9. The van der Waals surface area contributed by atoms with Gasteiger partial charge in [0, 0.05) is 0 Å².